The van der Waals surface area contributed by atoms with Gasteiger partial charge in [-0.3, -0.25) is 0 Å². The van der Waals surface area contributed by atoms with E-state index in [1.807, 2.05) is 12.1 Å². The first-order valence-electron chi connectivity index (χ1n) is 11.2. The molecular weight excluding hydrogens is 395 g/mol. The topological polar surface area (TPSA) is 31.6 Å². The van der Waals surface area contributed by atoms with Crippen LogP contribution in [0.15, 0.2) is 71.1 Å². The van der Waals surface area contributed by atoms with E-state index in [-0.39, 0.29) is 18.3 Å². The number of para-hydroxylation sites is 1. The Kier molecular flexibility index (Phi) is 3.37. The van der Waals surface area contributed by atoms with Gasteiger partial charge < -0.3 is 13.7 Å². The molecule has 0 atom stereocenters. The predicted molar refractivity (Wildman–Crippen MR) is 131 cm³/mol. The molecule has 4 aromatic carbocycles. The summed E-state index contributed by atoms with van der Waals surface area (Å²) < 4.78 is 18.9. The van der Waals surface area contributed by atoms with Crippen LogP contribution in [0.3, 0.4) is 0 Å². The molecule has 0 radical (unpaired) electrons. The third-order valence-corrected chi connectivity index (χ3v) is 7.63. The predicted octanol–water partition coefficient (Wildman–Crippen LogP) is 6.69. The number of hydrogen-bond donors (Lipinski definition) is 0. The zero-order valence-electron chi connectivity index (χ0n) is 18.7. The van der Waals surface area contributed by atoms with Gasteiger partial charge in [0.05, 0.1) is 11.2 Å². The molecule has 0 N–H and O–H groups in total. The van der Waals surface area contributed by atoms with Crippen LogP contribution in [0.2, 0.25) is 0 Å². The summed E-state index contributed by atoms with van der Waals surface area (Å²) >= 11 is 0. The Labute approximate surface area is 187 Å². The van der Waals surface area contributed by atoms with E-state index in [2.05, 4.69) is 82.3 Å². The Morgan fingerprint density at radius 3 is 2.25 bits per heavy atom. The molecule has 3 nitrogen and oxygen atoms in total. The van der Waals surface area contributed by atoms with E-state index >= 15 is 0 Å². The summed E-state index contributed by atoms with van der Waals surface area (Å²) in [6.45, 7) is 8.39. The highest BCUT2D eigenvalue weighted by molar-refractivity contribution is 6.62. The van der Waals surface area contributed by atoms with Gasteiger partial charge in [0.2, 0.25) is 0 Å². The van der Waals surface area contributed by atoms with Gasteiger partial charge in [0.15, 0.2) is 0 Å². The number of fused-ring (bicyclic) bond motifs is 7. The Morgan fingerprint density at radius 1 is 0.656 bits per heavy atom. The highest BCUT2D eigenvalue weighted by atomic mass is 16.7. The zero-order valence-corrected chi connectivity index (χ0v) is 18.7. The van der Waals surface area contributed by atoms with E-state index in [0.717, 1.165) is 22.0 Å². The van der Waals surface area contributed by atoms with Crippen molar-refractivity contribution in [3.8, 4) is 22.3 Å². The quantitative estimate of drug-likeness (QED) is 0.279. The van der Waals surface area contributed by atoms with Crippen LogP contribution in [0.5, 0.6) is 0 Å². The second kappa shape index (κ2) is 5.83. The molecule has 4 heteroatoms. The lowest BCUT2D eigenvalue weighted by atomic mass is 9.77. The fourth-order valence-electron chi connectivity index (χ4n) is 5.31. The molecular formula is C28H23BO3. The molecule has 1 saturated heterocycles. The average molecular weight is 418 g/mol. The molecule has 0 bridgehead atoms. The summed E-state index contributed by atoms with van der Waals surface area (Å²) in [5.41, 5.74) is 7.21. The average Bonchev–Trinajstić information content (AvgIpc) is 3.36. The van der Waals surface area contributed by atoms with E-state index in [1.165, 1.54) is 38.4 Å². The third kappa shape index (κ3) is 2.24. The number of rotatable bonds is 1. The van der Waals surface area contributed by atoms with Gasteiger partial charge in [-0.2, -0.15) is 0 Å². The summed E-state index contributed by atoms with van der Waals surface area (Å²) in [6.07, 6.45) is 0. The molecule has 1 aliphatic carbocycles. The first-order chi connectivity index (χ1) is 15.3. The third-order valence-electron chi connectivity index (χ3n) is 7.63. The summed E-state index contributed by atoms with van der Waals surface area (Å²) in [4.78, 5) is 0. The molecule has 0 amide bonds. The van der Waals surface area contributed by atoms with Gasteiger partial charge in [0, 0.05) is 16.3 Å². The van der Waals surface area contributed by atoms with E-state index in [9.17, 15) is 0 Å². The van der Waals surface area contributed by atoms with Crippen LogP contribution in [0, 0.1) is 0 Å². The van der Waals surface area contributed by atoms with Crippen LogP contribution in [0.4, 0.5) is 0 Å². The van der Waals surface area contributed by atoms with E-state index in [1.54, 1.807) is 0 Å². The Hall–Kier alpha value is -3.08. The fraction of sp³-hybridized carbons (Fsp3) is 0.214. The highest BCUT2D eigenvalue weighted by Gasteiger charge is 2.52. The number of hydrogen-bond acceptors (Lipinski definition) is 3. The summed E-state index contributed by atoms with van der Waals surface area (Å²) in [5, 5.41) is 4.86. The van der Waals surface area contributed by atoms with Crippen LogP contribution >= 0.6 is 0 Å². The lowest BCUT2D eigenvalue weighted by Crippen LogP contribution is -2.41. The first-order valence-corrected chi connectivity index (χ1v) is 11.2. The minimum atomic E-state index is -0.383. The van der Waals surface area contributed by atoms with Crippen molar-refractivity contribution in [3.63, 3.8) is 0 Å². The standard InChI is InChI=1S/C28H23BO3/c1-27(2)28(3,4)32-29(31-27)17-14-16-8-7-10-20-24(16)21(15-17)18-12-13-23-26(25(18)20)19-9-5-6-11-22(19)30-23/h5-15H,1-4H3. The Morgan fingerprint density at radius 2 is 1.44 bits per heavy atom. The number of furan rings is 1. The van der Waals surface area contributed by atoms with Crippen molar-refractivity contribution in [1.29, 1.82) is 0 Å². The maximum Gasteiger partial charge on any atom is 0.494 e. The Balaban J connectivity index is 1.51. The van der Waals surface area contributed by atoms with Crippen molar-refractivity contribution in [2.24, 2.45) is 0 Å². The molecule has 2 aliphatic rings. The summed E-state index contributed by atoms with van der Waals surface area (Å²) in [6, 6.07) is 23.6. The summed E-state index contributed by atoms with van der Waals surface area (Å²) in [5.74, 6) is 0. The van der Waals surface area contributed by atoms with Crippen molar-refractivity contribution in [1.82, 2.24) is 0 Å². The second-order valence-corrected chi connectivity index (χ2v) is 10.0. The second-order valence-electron chi connectivity index (χ2n) is 10.0. The lowest BCUT2D eigenvalue weighted by molar-refractivity contribution is 0.00578. The van der Waals surface area contributed by atoms with Crippen LogP contribution in [0.1, 0.15) is 27.7 Å². The number of benzene rings is 4. The van der Waals surface area contributed by atoms with Gasteiger partial charge in [-0.05, 0) is 78.8 Å². The molecule has 7 rings (SSSR count). The lowest BCUT2D eigenvalue weighted by Gasteiger charge is -2.32. The van der Waals surface area contributed by atoms with Gasteiger partial charge in [-0.25, -0.2) is 0 Å². The largest absolute Gasteiger partial charge is 0.494 e. The summed E-state index contributed by atoms with van der Waals surface area (Å²) in [7, 11) is -0.383. The molecule has 0 spiro atoms. The van der Waals surface area contributed by atoms with Crippen LogP contribution in [-0.4, -0.2) is 18.3 Å². The molecule has 2 heterocycles. The van der Waals surface area contributed by atoms with Crippen molar-refractivity contribution in [2.45, 2.75) is 38.9 Å². The molecule has 0 unspecified atom stereocenters. The monoisotopic (exact) mass is 418 g/mol. The van der Waals surface area contributed by atoms with Gasteiger partial charge >= 0.3 is 7.12 Å². The normalized spacial score (nSPS) is 18.2. The molecule has 1 fully saturated rings. The van der Waals surface area contributed by atoms with Gasteiger partial charge in [-0.1, -0.05) is 48.5 Å². The Bertz CT molecular complexity index is 1580. The van der Waals surface area contributed by atoms with Crippen LogP contribution in [0.25, 0.3) is 55.0 Å². The highest BCUT2D eigenvalue weighted by Crippen LogP contribution is 2.51. The minimum Gasteiger partial charge on any atom is -0.456 e. The van der Waals surface area contributed by atoms with Crippen molar-refractivity contribution >= 4 is 45.3 Å². The van der Waals surface area contributed by atoms with Gasteiger partial charge in [0.1, 0.15) is 11.2 Å². The van der Waals surface area contributed by atoms with Crippen molar-refractivity contribution in [3.05, 3.63) is 66.7 Å². The van der Waals surface area contributed by atoms with Gasteiger partial charge in [-0.15, -0.1) is 0 Å². The smallest absolute Gasteiger partial charge is 0.456 e. The molecule has 156 valence electrons. The first kappa shape index (κ1) is 18.5. The van der Waals surface area contributed by atoms with Crippen molar-refractivity contribution in [2.75, 3.05) is 0 Å². The molecule has 1 aromatic heterocycles. The zero-order chi connectivity index (χ0) is 21.8. The molecule has 32 heavy (non-hydrogen) atoms. The van der Waals surface area contributed by atoms with E-state index in [0.29, 0.717) is 0 Å². The molecule has 0 saturated carbocycles. The minimum absolute atomic E-state index is 0.366. The molecule has 5 aromatic rings. The SMILES string of the molecule is CC1(C)OB(c2cc3c4c(cccc4c2)-c2c-3ccc3oc4ccccc4c23)OC1(C)C. The van der Waals surface area contributed by atoms with E-state index in [4.69, 9.17) is 13.7 Å². The van der Waals surface area contributed by atoms with E-state index < -0.39 is 0 Å². The molecule has 1 aliphatic heterocycles. The maximum absolute atomic E-state index is 6.38. The van der Waals surface area contributed by atoms with Crippen LogP contribution in [-0.2, 0) is 9.31 Å². The van der Waals surface area contributed by atoms with Crippen molar-refractivity contribution < 1.29 is 13.7 Å². The van der Waals surface area contributed by atoms with Gasteiger partial charge in [0.25, 0.3) is 0 Å². The fourth-order valence-corrected chi connectivity index (χ4v) is 5.31. The maximum atomic E-state index is 6.38. The van der Waals surface area contributed by atoms with Crippen LogP contribution < -0.4 is 5.46 Å².